The molecule has 1 atom stereocenters. The molecule has 0 aliphatic heterocycles. The van der Waals surface area contributed by atoms with E-state index < -0.39 is 6.10 Å². The summed E-state index contributed by atoms with van der Waals surface area (Å²) < 4.78 is 0. The van der Waals surface area contributed by atoms with Gasteiger partial charge in [0, 0.05) is 12.6 Å². The maximum absolute atomic E-state index is 11.3. The van der Waals surface area contributed by atoms with Crippen LogP contribution in [0, 0.1) is 0 Å². The molecular weight excluding hydrogens is 196 g/mol. The van der Waals surface area contributed by atoms with E-state index in [-0.39, 0.29) is 19.1 Å². The van der Waals surface area contributed by atoms with Crippen molar-refractivity contribution in [2.45, 2.75) is 37.8 Å². The summed E-state index contributed by atoms with van der Waals surface area (Å²) in [7, 11) is 0. The standard InChI is InChI=1S/C10H20N2O3/c13-7-9(14)5-12-10(15)6-11-8-3-1-2-4-8/h8-9,11,13-14H,1-7H2,(H,12,15). The third kappa shape index (κ3) is 5.11. The fourth-order valence-corrected chi connectivity index (χ4v) is 1.73. The number of nitrogens with one attached hydrogen (secondary N) is 2. The zero-order valence-corrected chi connectivity index (χ0v) is 8.91. The molecule has 1 aliphatic rings. The summed E-state index contributed by atoms with van der Waals surface area (Å²) in [5.41, 5.74) is 0. The highest BCUT2D eigenvalue weighted by atomic mass is 16.3. The zero-order chi connectivity index (χ0) is 11.1. The van der Waals surface area contributed by atoms with Crippen molar-refractivity contribution in [1.82, 2.24) is 10.6 Å². The van der Waals surface area contributed by atoms with Crippen molar-refractivity contribution < 1.29 is 15.0 Å². The Morgan fingerprint density at radius 3 is 2.67 bits per heavy atom. The lowest BCUT2D eigenvalue weighted by atomic mass is 10.2. The van der Waals surface area contributed by atoms with Gasteiger partial charge in [0.2, 0.25) is 5.91 Å². The van der Waals surface area contributed by atoms with Gasteiger partial charge in [-0.05, 0) is 12.8 Å². The molecule has 0 heterocycles. The van der Waals surface area contributed by atoms with Gasteiger partial charge in [0.25, 0.3) is 0 Å². The molecule has 1 amide bonds. The molecule has 88 valence electrons. The number of hydrogen-bond acceptors (Lipinski definition) is 4. The highest BCUT2D eigenvalue weighted by Crippen LogP contribution is 2.17. The van der Waals surface area contributed by atoms with Gasteiger partial charge in [0.15, 0.2) is 0 Å². The molecule has 0 bridgehead atoms. The Labute approximate surface area is 89.9 Å². The van der Waals surface area contributed by atoms with Gasteiger partial charge in [-0.1, -0.05) is 12.8 Å². The highest BCUT2D eigenvalue weighted by Gasteiger charge is 2.15. The van der Waals surface area contributed by atoms with E-state index in [9.17, 15) is 4.79 Å². The van der Waals surface area contributed by atoms with E-state index in [4.69, 9.17) is 10.2 Å². The third-order valence-corrected chi connectivity index (χ3v) is 2.65. The first-order chi connectivity index (χ1) is 7.22. The van der Waals surface area contributed by atoms with Crippen LogP contribution < -0.4 is 10.6 Å². The average molecular weight is 216 g/mol. The monoisotopic (exact) mass is 216 g/mol. The van der Waals surface area contributed by atoms with Crippen LogP contribution in [0.2, 0.25) is 0 Å². The second-order valence-electron chi connectivity index (χ2n) is 4.00. The summed E-state index contributed by atoms with van der Waals surface area (Å²) in [6, 6.07) is 0.471. The number of hydrogen-bond donors (Lipinski definition) is 4. The van der Waals surface area contributed by atoms with Gasteiger partial charge in [0.1, 0.15) is 0 Å². The number of aliphatic hydroxyl groups is 2. The van der Waals surface area contributed by atoms with Crippen LogP contribution in [-0.4, -0.2) is 48.0 Å². The van der Waals surface area contributed by atoms with Gasteiger partial charge >= 0.3 is 0 Å². The van der Waals surface area contributed by atoms with Crippen LogP contribution in [0.4, 0.5) is 0 Å². The van der Waals surface area contributed by atoms with Crippen molar-refractivity contribution in [1.29, 1.82) is 0 Å². The van der Waals surface area contributed by atoms with Crippen LogP contribution in [0.15, 0.2) is 0 Å². The van der Waals surface area contributed by atoms with Gasteiger partial charge in [-0.25, -0.2) is 0 Å². The quantitative estimate of drug-likeness (QED) is 0.458. The van der Waals surface area contributed by atoms with Crippen LogP contribution in [0.25, 0.3) is 0 Å². The molecule has 0 radical (unpaired) electrons. The zero-order valence-electron chi connectivity index (χ0n) is 8.91. The van der Waals surface area contributed by atoms with E-state index in [1.54, 1.807) is 0 Å². The van der Waals surface area contributed by atoms with Crippen molar-refractivity contribution in [3.63, 3.8) is 0 Å². The molecule has 0 spiro atoms. The van der Waals surface area contributed by atoms with E-state index in [0.29, 0.717) is 12.6 Å². The van der Waals surface area contributed by atoms with Crippen LogP contribution in [0.1, 0.15) is 25.7 Å². The molecule has 5 nitrogen and oxygen atoms in total. The van der Waals surface area contributed by atoms with E-state index in [0.717, 1.165) is 12.8 Å². The predicted octanol–water partition coefficient (Wildman–Crippen LogP) is -1.01. The van der Waals surface area contributed by atoms with Crippen molar-refractivity contribution in [3.05, 3.63) is 0 Å². The van der Waals surface area contributed by atoms with Crippen molar-refractivity contribution in [3.8, 4) is 0 Å². The lowest BCUT2D eigenvalue weighted by Crippen LogP contribution is -2.41. The van der Waals surface area contributed by atoms with E-state index >= 15 is 0 Å². The Morgan fingerprint density at radius 1 is 1.40 bits per heavy atom. The fourth-order valence-electron chi connectivity index (χ4n) is 1.73. The Morgan fingerprint density at radius 2 is 2.07 bits per heavy atom. The third-order valence-electron chi connectivity index (χ3n) is 2.65. The molecule has 1 saturated carbocycles. The minimum atomic E-state index is -0.861. The average Bonchev–Trinajstić information content (AvgIpc) is 2.75. The van der Waals surface area contributed by atoms with Gasteiger partial charge in [-0.2, -0.15) is 0 Å². The molecule has 4 N–H and O–H groups in total. The van der Waals surface area contributed by atoms with Crippen LogP contribution >= 0.6 is 0 Å². The van der Waals surface area contributed by atoms with Crippen molar-refractivity contribution in [2.75, 3.05) is 19.7 Å². The Kier molecular flexibility index (Phi) is 5.60. The molecule has 1 unspecified atom stereocenters. The summed E-state index contributed by atoms with van der Waals surface area (Å²) in [5, 5.41) is 23.2. The maximum atomic E-state index is 11.3. The van der Waals surface area contributed by atoms with E-state index in [1.807, 2.05) is 0 Å². The normalized spacial score (nSPS) is 19.1. The molecule has 15 heavy (non-hydrogen) atoms. The fraction of sp³-hybridized carbons (Fsp3) is 0.900. The molecule has 0 aromatic rings. The van der Waals surface area contributed by atoms with Crippen LogP contribution in [0.5, 0.6) is 0 Å². The first-order valence-corrected chi connectivity index (χ1v) is 5.51. The maximum Gasteiger partial charge on any atom is 0.234 e. The van der Waals surface area contributed by atoms with Gasteiger partial charge in [-0.15, -0.1) is 0 Å². The summed E-state index contributed by atoms with van der Waals surface area (Å²) >= 11 is 0. The largest absolute Gasteiger partial charge is 0.394 e. The smallest absolute Gasteiger partial charge is 0.234 e. The first-order valence-electron chi connectivity index (χ1n) is 5.51. The number of aliphatic hydroxyl groups excluding tert-OH is 2. The lowest BCUT2D eigenvalue weighted by molar-refractivity contribution is -0.120. The topological polar surface area (TPSA) is 81.6 Å². The number of carbonyl (C=O) groups excluding carboxylic acids is 1. The van der Waals surface area contributed by atoms with Crippen LogP contribution in [0.3, 0.4) is 0 Å². The number of rotatable bonds is 6. The second-order valence-corrected chi connectivity index (χ2v) is 4.00. The lowest BCUT2D eigenvalue weighted by Gasteiger charge is -2.12. The Hall–Kier alpha value is -0.650. The van der Waals surface area contributed by atoms with Crippen molar-refractivity contribution in [2.24, 2.45) is 0 Å². The summed E-state index contributed by atoms with van der Waals surface area (Å²) in [4.78, 5) is 11.3. The Bertz CT molecular complexity index is 193. The second kappa shape index (κ2) is 6.76. The Balaban J connectivity index is 2.02. The van der Waals surface area contributed by atoms with Gasteiger partial charge < -0.3 is 20.8 Å². The first kappa shape index (κ1) is 12.4. The van der Waals surface area contributed by atoms with Gasteiger partial charge in [-0.3, -0.25) is 4.79 Å². The summed E-state index contributed by atoms with van der Waals surface area (Å²) in [6.45, 7) is 0.0842. The molecule has 0 saturated heterocycles. The SMILES string of the molecule is O=C(CNC1CCCC1)NCC(O)CO. The van der Waals surface area contributed by atoms with Crippen LogP contribution in [-0.2, 0) is 4.79 Å². The summed E-state index contributed by atoms with van der Waals surface area (Å²) in [6.07, 6.45) is 3.91. The highest BCUT2D eigenvalue weighted by molar-refractivity contribution is 5.78. The summed E-state index contributed by atoms with van der Waals surface area (Å²) in [5.74, 6) is -0.130. The minimum absolute atomic E-state index is 0.113. The van der Waals surface area contributed by atoms with E-state index in [1.165, 1.54) is 12.8 Å². The molecule has 0 aromatic heterocycles. The number of carbonyl (C=O) groups is 1. The van der Waals surface area contributed by atoms with Crippen molar-refractivity contribution >= 4 is 5.91 Å². The van der Waals surface area contributed by atoms with Gasteiger partial charge in [0.05, 0.1) is 19.3 Å². The molecule has 5 heteroatoms. The predicted molar refractivity (Wildman–Crippen MR) is 56.4 cm³/mol. The van der Waals surface area contributed by atoms with E-state index in [2.05, 4.69) is 10.6 Å². The molecule has 1 rings (SSSR count). The molecule has 0 aromatic carbocycles. The molecule has 1 fully saturated rings. The number of amides is 1. The molecular formula is C10H20N2O3. The molecule has 1 aliphatic carbocycles. The minimum Gasteiger partial charge on any atom is -0.394 e.